The Bertz CT molecular complexity index is 760. The monoisotopic (exact) mass is 337 g/mol. The number of hydrogen-bond donors (Lipinski definition) is 0. The van der Waals surface area contributed by atoms with Crippen LogP contribution in [0.4, 0.5) is 4.39 Å². The molecule has 1 saturated heterocycles. The van der Waals surface area contributed by atoms with E-state index in [0.29, 0.717) is 11.1 Å². The molecule has 2 rings (SSSR count). The molecule has 3 heteroatoms. The molecular formula is C22H24FNO. The first-order chi connectivity index (χ1) is 12.0. The van der Waals surface area contributed by atoms with Gasteiger partial charge >= 0.3 is 0 Å². The predicted molar refractivity (Wildman–Crippen MR) is 100 cm³/mol. The lowest BCUT2D eigenvalue weighted by atomic mass is 9.95. The average Bonchev–Trinajstić information content (AvgIpc) is 2.56. The number of allylic oxidation sites excluding steroid dienone is 4. The summed E-state index contributed by atoms with van der Waals surface area (Å²) in [4.78, 5) is 14.4. The van der Waals surface area contributed by atoms with Crippen LogP contribution in [0.15, 0.2) is 60.2 Å². The molecule has 0 aromatic heterocycles. The quantitative estimate of drug-likeness (QED) is 0.440. The minimum absolute atomic E-state index is 0.110. The minimum atomic E-state index is -0.310. The van der Waals surface area contributed by atoms with Crippen molar-refractivity contribution in [1.82, 2.24) is 4.90 Å². The van der Waals surface area contributed by atoms with Gasteiger partial charge in [-0.3, -0.25) is 4.79 Å². The van der Waals surface area contributed by atoms with Crippen LogP contribution in [0.3, 0.4) is 0 Å². The summed E-state index contributed by atoms with van der Waals surface area (Å²) < 4.78 is 13.2. The summed E-state index contributed by atoms with van der Waals surface area (Å²) in [5.74, 6) is 5.89. The van der Waals surface area contributed by atoms with Crippen LogP contribution in [0.5, 0.6) is 0 Å². The molecule has 0 N–H and O–H groups in total. The summed E-state index contributed by atoms with van der Waals surface area (Å²) in [6.45, 7) is 9.58. The highest BCUT2D eigenvalue weighted by Gasteiger charge is 2.25. The summed E-state index contributed by atoms with van der Waals surface area (Å²) in [5.41, 5.74) is 2.10. The van der Waals surface area contributed by atoms with Crippen LogP contribution >= 0.6 is 0 Å². The van der Waals surface area contributed by atoms with E-state index in [1.807, 2.05) is 17.1 Å². The number of hydrogen-bond acceptors (Lipinski definition) is 1. The van der Waals surface area contributed by atoms with Gasteiger partial charge in [-0.1, -0.05) is 50.5 Å². The molecular weight excluding hydrogens is 313 g/mol. The summed E-state index contributed by atoms with van der Waals surface area (Å²) in [5, 5.41) is 0. The maximum atomic E-state index is 13.2. The average molecular weight is 337 g/mol. The Morgan fingerprint density at radius 1 is 1.40 bits per heavy atom. The molecule has 1 aromatic carbocycles. The largest absolute Gasteiger partial charge is 0.339 e. The van der Waals surface area contributed by atoms with Crippen molar-refractivity contribution < 1.29 is 9.18 Å². The van der Waals surface area contributed by atoms with Crippen molar-refractivity contribution in [3.63, 3.8) is 0 Å². The molecule has 0 spiro atoms. The fourth-order valence-electron chi connectivity index (χ4n) is 2.42. The first kappa shape index (κ1) is 18.7. The predicted octanol–water partition coefficient (Wildman–Crippen LogP) is 4.49. The van der Waals surface area contributed by atoms with Crippen LogP contribution in [-0.2, 0) is 4.79 Å². The molecule has 2 nitrogen and oxygen atoms in total. The third kappa shape index (κ3) is 5.19. The molecule has 25 heavy (non-hydrogen) atoms. The van der Waals surface area contributed by atoms with E-state index < -0.39 is 0 Å². The molecule has 1 amide bonds. The van der Waals surface area contributed by atoms with Crippen molar-refractivity contribution in [2.24, 2.45) is 5.92 Å². The molecule has 1 aromatic rings. The van der Waals surface area contributed by atoms with Crippen molar-refractivity contribution in [3.05, 3.63) is 71.6 Å². The number of likely N-dealkylation sites (tertiary alicyclic amines) is 1. The van der Waals surface area contributed by atoms with Gasteiger partial charge in [-0.15, -0.1) is 0 Å². The Hall–Kier alpha value is -2.60. The number of halogens is 1. The van der Waals surface area contributed by atoms with Crippen LogP contribution in [0.2, 0.25) is 0 Å². The second-order valence-corrected chi connectivity index (χ2v) is 6.16. The van der Waals surface area contributed by atoms with E-state index in [9.17, 15) is 9.18 Å². The van der Waals surface area contributed by atoms with E-state index in [2.05, 4.69) is 32.3 Å². The Labute approximate surface area is 149 Å². The molecule has 0 saturated carbocycles. The van der Waals surface area contributed by atoms with Crippen molar-refractivity contribution in [1.29, 1.82) is 0 Å². The SMILES string of the molecule is C=CC(C#Cc1cccc(F)c1)=CC=C(C(=O)N1CCC1)C(C)CC. The number of carbonyl (C=O) groups excluding carboxylic acids is 1. The first-order valence-corrected chi connectivity index (χ1v) is 8.66. The lowest BCUT2D eigenvalue weighted by molar-refractivity contribution is -0.130. The van der Waals surface area contributed by atoms with Crippen molar-refractivity contribution >= 4 is 5.91 Å². The van der Waals surface area contributed by atoms with Crippen LogP contribution in [-0.4, -0.2) is 23.9 Å². The Balaban J connectivity index is 2.24. The molecule has 1 fully saturated rings. The lowest BCUT2D eigenvalue weighted by Crippen LogP contribution is -2.43. The Kier molecular flexibility index (Phi) is 6.77. The summed E-state index contributed by atoms with van der Waals surface area (Å²) in [6, 6.07) is 6.16. The molecule has 1 unspecified atom stereocenters. The van der Waals surface area contributed by atoms with E-state index >= 15 is 0 Å². The van der Waals surface area contributed by atoms with Gasteiger partial charge in [0.1, 0.15) is 5.82 Å². The van der Waals surface area contributed by atoms with Gasteiger partial charge in [0.2, 0.25) is 5.91 Å². The topological polar surface area (TPSA) is 20.3 Å². The van der Waals surface area contributed by atoms with Crippen LogP contribution in [0.25, 0.3) is 0 Å². The van der Waals surface area contributed by atoms with Gasteiger partial charge in [-0.05, 0) is 43.0 Å². The van der Waals surface area contributed by atoms with Crippen molar-refractivity contribution in [2.45, 2.75) is 26.7 Å². The Morgan fingerprint density at radius 3 is 2.72 bits per heavy atom. The number of carbonyl (C=O) groups is 1. The molecule has 1 aliphatic heterocycles. The maximum absolute atomic E-state index is 13.2. The van der Waals surface area contributed by atoms with Gasteiger partial charge in [0.05, 0.1) is 0 Å². The number of rotatable bonds is 5. The zero-order chi connectivity index (χ0) is 18.2. The third-order valence-corrected chi connectivity index (χ3v) is 4.37. The minimum Gasteiger partial charge on any atom is -0.339 e. The zero-order valence-corrected chi connectivity index (χ0v) is 14.9. The maximum Gasteiger partial charge on any atom is 0.250 e. The summed E-state index contributed by atoms with van der Waals surface area (Å²) in [6.07, 6.45) is 7.29. The second-order valence-electron chi connectivity index (χ2n) is 6.16. The first-order valence-electron chi connectivity index (χ1n) is 8.66. The normalized spacial score (nSPS) is 15.7. The molecule has 1 atom stereocenters. The lowest BCUT2D eigenvalue weighted by Gasteiger charge is -2.32. The van der Waals surface area contributed by atoms with Gasteiger partial charge in [0.15, 0.2) is 0 Å². The standard InChI is InChI=1S/C22H24FNO/c1-4-17(3)21(22(25)24-14-7-15-24)13-12-18(5-2)10-11-19-8-6-9-20(23)16-19/h5-6,8-9,12-13,16-17H,2,4,7,14-15H2,1,3H3. The number of benzene rings is 1. The highest BCUT2D eigenvalue weighted by atomic mass is 19.1. The number of amides is 1. The molecule has 1 aliphatic rings. The van der Waals surface area contributed by atoms with E-state index in [4.69, 9.17) is 0 Å². The molecule has 0 radical (unpaired) electrons. The Morgan fingerprint density at radius 2 is 2.16 bits per heavy atom. The fourth-order valence-corrected chi connectivity index (χ4v) is 2.42. The highest BCUT2D eigenvalue weighted by molar-refractivity contribution is 5.94. The number of nitrogens with zero attached hydrogens (tertiary/aromatic N) is 1. The van der Waals surface area contributed by atoms with Crippen molar-refractivity contribution in [3.8, 4) is 11.8 Å². The van der Waals surface area contributed by atoms with E-state index in [0.717, 1.165) is 31.5 Å². The van der Waals surface area contributed by atoms with Gasteiger partial charge < -0.3 is 4.90 Å². The molecule has 0 bridgehead atoms. The van der Waals surface area contributed by atoms with Crippen LogP contribution < -0.4 is 0 Å². The highest BCUT2D eigenvalue weighted by Crippen LogP contribution is 2.20. The zero-order valence-electron chi connectivity index (χ0n) is 14.9. The van der Waals surface area contributed by atoms with Gasteiger partial charge in [0.25, 0.3) is 0 Å². The second kappa shape index (κ2) is 9.03. The summed E-state index contributed by atoms with van der Waals surface area (Å²) in [7, 11) is 0. The molecule has 1 heterocycles. The third-order valence-electron chi connectivity index (χ3n) is 4.37. The molecule has 0 aliphatic carbocycles. The van der Waals surface area contributed by atoms with Gasteiger partial charge in [-0.2, -0.15) is 0 Å². The summed E-state index contributed by atoms with van der Waals surface area (Å²) >= 11 is 0. The van der Waals surface area contributed by atoms with Crippen LogP contribution in [0.1, 0.15) is 32.3 Å². The van der Waals surface area contributed by atoms with E-state index in [1.165, 1.54) is 12.1 Å². The van der Waals surface area contributed by atoms with E-state index in [-0.39, 0.29) is 17.6 Å². The van der Waals surface area contributed by atoms with Gasteiger partial charge in [0, 0.05) is 29.8 Å². The van der Waals surface area contributed by atoms with Crippen molar-refractivity contribution in [2.75, 3.05) is 13.1 Å². The smallest absolute Gasteiger partial charge is 0.250 e. The van der Waals surface area contributed by atoms with Gasteiger partial charge in [-0.25, -0.2) is 4.39 Å². The van der Waals surface area contributed by atoms with E-state index in [1.54, 1.807) is 18.2 Å². The fraction of sp³-hybridized carbons (Fsp3) is 0.318. The van der Waals surface area contributed by atoms with Crippen LogP contribution in [0, 0.1) is 23.6 Å². The molecule has 130 valence electrons.